The van der Waals surface area contributed by atoms with Gasteiger partial charge >= 0.3 is 12.0 Å². The molecule has 0 saturated carbocycles. The number of aliphatic carboxylic acids is 1. The van der Waals surface area contributed by atoms with Crippen LogP contribution in [0.2, 0.25) is 0 Å². The van der Waals surface area contributed by atoms with Gasteiger partial charge in [-0.15, -0.1) is 0 Å². The minimum Gasteiger partial charge on any atom is -0.479 e. The first-order valence-electron chi connectivity index (χ1n) is 6.38. The highest BCUT2D eigenvalue weighted by Crippen LogP contribution is 2.27. The molecule has 110 valence electrons. The van der Waals surface area contributed by atoms with Crippen LogP contribution < -0.4 is 10.6 Å². The number of urea groups is 1. The predicted octanol–water partition coefficient (Wildman–Crippen LogP) is 1.69. The molecule has 0 aliphatic carbocycles. The second kappa shape index (κ2) is 6.91. The molecule has 1 rings (SSSR count). The Bertz CT molecular complexity index is 500. The summed E-state index contributed by atoms with van der Waals surface area (Å²) in [7, 11) is 0. The van der Waals surface area contributed by atoms with E-state index < -0.39 is 18.1 Å². The fourth-order valence-corrected chi connectivity index (χ4v) is 1.78. The quantitative estimate of drug-likeness (QED) is 0.659. The summed E-state index contributed by atoms with van der Waals surface area (Å²) in [5, 5.41) is 22.6. The average molecular weight is 280 g/mol. The Kier molecular flexibility index (Phi) is 5.52. The number of hydrogen-bond donors (Lipinski definition) is 4. The third kappa shape index (κ3) is 4.24. The summed E-state index contributed by atoms with van der Waals surface area (Å²) in [6.07, 6.45) is -1.61. The summed E-state index contributed by atoms with van der Waals surface area (Å²) in [6, 6.07) is 5.19. The van der Waals surface area contributed by atoms with Crippen LogP contribution in [0.3, 0.4) is 0 Å². The van der Waals surface area contributed by atoms with Crippen molar-refractivity contribution in [1.82, 2.24) is 5.32 Å². The zero-order chi connectivity index (χ0) is 15.3. The number of benzene rings is 1. The maximum absolute atomic E-state index is 11.7. The van der Waals surface area contributed by atoms with Crippen LogP contribution in [0.5, 0.6) is 0 Å². The van der Waals surface area contributed by atoms with E-state index >= 15 is 0 Å². The molecule has 0 bridgehead atoms. The number of amides is 2. The Morgan fingerprint density at radius 1 is 1.30 bits per heavy atom. The minimum atomic E-state index is -1.61. The van der Waals surface area contributed by atoms with E-state index in [-0.39, 0.29) is 12.5 Å². The fraction of sp³-hybridized carbons (Fsp3) is 0.429. The van der Waals surface area contributed by atoms with Crippen molar-refractivity contribution in [3.63, 3.8) is 0 Å². The highest BCUT2D eigenvalue weighted by Gasteiger charge is 2.15. The lowest BCUT2D eigenvalue weighted by atomic mass is 9.98. The molecule has 1 unspecified atom stereocenters. The number of carbonyl (C=O) groups excluding carboxylic acids is 1. The van der Waals surface area contributed by atoms with Gasteiger partial charge < -0.3 is 20.8 Å². The number of rotatable bonds is 5. The smallest absolute Gasteiger partial charge is 0.334 e. The summed E-state index contributed by atoms with van der Waals surface area (Å²) in [5.74, 6) is -1.13. The van der Waals surface area contributed by atoms with Gasteiger partial charge in [-0.3, -0.25) is 0 Å². The number of carboxylic acids is 1. The van der Waals surface area contributed by atoms with Crippen molar-refractivity contribution in [3.05, 3.63) is 29.3 Å². The van der Waals surface area contributed by atoms with Crippen molar-refractivity contribution in [2.24, 2.45) is 0 Å². The Morgan fingerprint density at radius 3 is 2.50 bits per heavy atom. The summed E-state index contributed by atoms with van der Waals surface area (Å²) < 4.78 is 0. The summed E-state index contributed by atoms with van der Waals surface area (Å²) in [5.41, 5.74) is 2.63. The normalized spacial score (nSPS) is 12.1. The predicted molar refractivity (Wildman–Crippen MR) is 75.9 cm³/mol. The lowest BCUT2D eigenvalue weighted by molar-refractivity contribution is -0.146. The van der Waals surface area contributed by atoms with Gasteiger partial charge in [0.1, 0.15) is 0 Å². The van der Waals surface area contributed by atoms with Crippen LogP contribution in [0.4, 0.5) is 10.5 Å². The molecule has 6 nitrogen and oxygen atoms in total. The number of nitrogens with one attached hydrogen (secondary N) is 2. The maximum atomic E-state index is 11.7. The fourth-order valence-electron chi connectivity index (χ4n) is 1.78. The molecule has 0 heterocycles. The van der Waals surface area contributed by atoms with E-state index in [0.717, 1.165) is 11.1 Å². The van der Waals surface area contributed by atoms with Gasteiger partial charge in [-0.05, 0) is 24.0 Å². The molecule has 0 spiro atoms. The van der Waals surface area contributed by atoms with Crippen LogP contribution >= 0.6 is 0 Å². The molecule has 0 aliphatic heterocycles. The SMILES string of the molecule is Cc1cccc(C(C)C)c1NC(=O)NCC(O)C(=O)O. The summed E-state index contributed by atoms with van der Waals surface area (Å²) in [6.45, 7) is 5.58. The first-order valence-corrected chi connectivity index (χ1v) is 6.38. The largest absolute Gasteiger partial charge is 0.479 e. The van der Waals surface area contributed by atoms with Crippen molar-refractivity contribution in [3.8, 4) is 0 Å². The molecule has 6 heteroatoms. The monoisotopic (exact) mass is 280 g/mol. The molecule has 20 heavy (non-hydrogen) atoms. The number of carboxylic acid groups (broad SMARTS) is 1. The number of anilines is 1. The van der Waals surface area contributed by atoms with Crippen LogP contribution in [0.25, 0.3) is 0 Å². The molecular formula is C14H20N2O4. The average Bonchev–Trinajstić information content (AvgIpc) is 2.37. The number of para-hydroxylation sites is 1. The molecule has 0 aromatic heterocycles. The number of carbonyl (C=O) groups is 2. The first kappa shape index (κ1) is 16.0. The third-order valence-electron chi connectivity index (χ3n) is 2.91. The zero-order valence-electron chi connectivity index (χ0n) is 11.8. The van der Waals surface area contributed by atoms with Crippen LogP contribution in [-0.2, 0) is 4.79 Å². The third-order valence-corrected chi connectivity index (χ3v) is 2.91. The molecule has 0 aliphatic rings. The second-order valence-corrected chi connectivity index (χ2v) is 4.88. The van der Waals surface area contributed by atoms with Crippen LogP contribution in [0.15, 0.2) is 18.2 Å². The van der Waals surface area contributed by atoms with Gasteiger partial charge in [0.2, 0.25) is 0 Å². The summed E-state index contributed by atoms with van der Waals surface area (Å²) >= 11 is 0. The van der Waals surface area contributed by atoms with Crippen LogP contribution in [0, 0.1) is 6.92 Å². The molecule has 0 radical (unpaired) electrons. The van der Waals surface area contributed by atoms with Gasteiger partial charge in [-0.25, -0.2) is 9.59 Å². The molecule has 1 atom stereocenters. The van der Waals surface area contributed by atoms with Crippen molar-refractivity contribution < 1.29 is 19.8 Å². The van der Waals surface area contributed by atoms with Gasteiger partial charge in [0, 0.05) is 5.69 Å². The summed E-state index contributed by atoms with van der Waals surface area (Å²) in [4.78, 5) is 22.2. The van der Waals surface area contributed by atoms with E-state index in [1.165, 1.54) is 0 Å². The number of hydrogen-bond acceptors (Lipinski definition) is 3. The Balaban J connectivity index is 2.73. The van der Waals surface area contributed by atoms with Crippen molar-refractivity contribution in [2.75, 3.05) is 11.9 Å². The number of aliphatic hydroxyl groups excluding tert-OH is 1. The molecule has 0 fully saturated rings. The Morgan fingerprint density at radius 2 is 1.95 bits per heavy atom. The minimum absolute atomic E-state index is 0.245. The van der Waals surface area contributed by atoms with Crippen molar-refractivity contribution in [1.29, 1.82) is 0 Å². The van der Waals surface area contributed by atoms with Gasteiger partial charge in [-0.1, -0.05) is 32.0 Å². The van der Waals surface area contributed by atoms with Gasteiger partial charge in [0.15, 0.2) is 6.10 Å². The molecule has 1 aromatic carbocycles. The van der Waals surface area contributed by atoms with E-state index in [4.69, 9.17) is 10.2 Å². The van der Waals surface area contributed by atoms with Gasteiger partial charge in [-0.2, -0.15) is 0 Å². The van der Waals surface area contributed by atoms with Gasteiger partial charge in [0.05, 0.1) is 6.54 Å². The topological polar surface area (TPSA) is 98.7 Å². The lowest BCUT2D eigenvalue weighted by Gasteiger charge is -2.17. The highest BCUT2D eigenvalue weighted by molar-refractivity contribution is 5.91. The standard InChI is InChI=1S/C14H20N2O4/c1-8(2)10-6-4-5-9(3)12(10)16-14(20)15-7-11(17)13(18)19/h4-6,8,11,17H,7H2,1-3H3,(H,18,19)(H2,15,16,20). The Labute approximate surface area is 117 Å². The molecule has 0 saturated heterocycles. The van der Waals surface area contributed by atoms with Crippen molar-refractivity contribution in [2.45, 2.75) is 32.8 Å². The lowest BCUT2D eigenvalue weighted by Crippen LogP contribution is -2.39. The molecule has 1 aromatic rings. The second-order valence-electron chi connectivity index (χ2n) is 4.88. The number of aliphatic hydroxyl groups is 1. The van der Waals surface area contributed by atoms with Crippen LogP contribution in [0.1, 0.15) is 30.9 Å². The number of aryl methyl sites for hydroxylation is 1. The van der Waals surface area contributed by atoms with E-state index in [1.54, 1.807) is 0 Å². The first-order chi connectivity index (χ1) is 9.32. The zero-order valence-corrected chi connectivity index (χ0v) is 11.8. The van der Waals surface area contributed by atoms with Crippen molar-refractivity contribution >= 4 is 17.7 Å². The maximum Gasteiger partial charge on any atom is 0.334 e. The Hall–Kier alpha value is -2.08. The van der Waals surface area contributed by atoms with Gasteiger partial charge in [0.25, 0.3) is 0 Å². The molecule has 4 N–H and O–H groups in total. The van der Waals surface area contributed by atoms with E-state index in [1.807, 2.05) is 39.0 Å². The van der Waals surface area contributed by atoms with Crippen LogP contribution in [-0.4, -0.2) is 34.9 Å². The van der Waals surface area contributed by atoms with E-state index in [2.05, 4.69) is 10.6 Å². The highest BCUT2D eigenvalue weighted by atomic mass is 16.4. The molecular weight excluding hydrogens is 260 g/mol. The van der Waals surface area contributed by atoms with E-state index in [0.29, 0.717) is 5.69 Å². The van der Waals surface area contributed by atoms with E-state index in [9.17, 15) is 9.59 Å². The molecule has 2 amide bonds.